The monoisotopic (exact) mass is 394 g/mol. The Morgan fingerprint density at radius 3 is 1.52 bits per heavy atom. The second-order valence-electron chi connectivity index (χ2n) is 9.70. The highest BCUT2D eigenvalue weighted by atomic mass is 28.5. The van der Waals surface area contributed by atoms with Gasteiger partial charge in [0, 0.05) is 0 Å². The van der Waals surface area contributed by atoms with E-state index in [1.54, 1.807) is 0 Å². The van der Waals surface area contributed by atoms with E-state index in [2.05, 4.69) is 72.8 Å². The van der Waals surface area contributed by atoms with Gasteiger partial charge in [0.05, 0.1) is 0 Å². The van der Waals surface area contributed by atoms with E-state index in [9.17, 15) is 0 Å². The first-order chi connectivity index (χ1) is 10.0. The lowest BCUT2D eigenvalue weighted by molar-refractivity contribution is 0.321. The predicted octanol–water partition coefficient (Wildman–Crippen LogP) is 6.31. The highest BCUT2D eigenvalue weighted by Gasteiger charge is 2.43. The summed E-state index contributed by atoms with van der Waals surface area (Å²) in [6.45, 7) is 24.8. The van der Waals surface area contributed by atoms with Crippen molar-refractivity contribution in [3.63, 3.8) is 0 Å². The molecule has 0 amide bonds. The largest absolute Gasteiger partial charge is 0.437 e. The van der Waals surface area contributed by atoms with Gasteiger partial charge in [-0.2, -0.15) is 0 Å². The van der Waals surface area contributed by atoms with Crippen molar-refractivity contribution in [2.24, 2.45) is 5.92 Å². The lowest BCUT2D eigenvalue weighted by Crippen LogP contribution is -2.56. The standard InChI is InChI=1S/C16H42O3Si4/c1-16(2)14-12-13-15-23(11,18-21(6,7)8)19-22(9,10)17-20(3,4)5/h16H,12-15H2,1-11H3. The van der Waals surface area contributed by atoms with Gasteiger partial charge in [-0.3, -0.25) is 0 Å². The average molecular weight is 395 g/mol. The van der Waals surface area contributed by atoms with Crippen LogP contribution in [0.2, 0.25) is 65.0 Å². The molecule has 0 saturated carbocycles. The normalized spacial score (nSPS) is 16.7. The number of hydrogen-bond acceptors (Lipinski definition) is 3. The summed E-state index contributed by atoms with van der Waals surface area (Å²) in [6, 6.07) is 1.09. The zero-order valence-electron chi connectivity index (χ0n) is 17.6. The van der Waals surface area contributed by atoms with Gasteiger partial charge in [0.1, 0.15) is 0 Å². The minimum atomic E-state index is -2.17. The highest BCUT2D eigenvalue weighted by molar-refractivity contribution is 6.89. The first kappa shape index (κ1) is 23.7. The molecular formula is C16H42O3Si4. The zero-order valence-corrected chi connectivity index (χ0v) is 21.6. The third-order valence-electron chi connectivity index (χ3n) is 3.20. The van der Waals surface area contributed by atoms with Crippen LogP contribution in [0.5, 0.6) is 0 Å². The van der Waals surface area contributed by atoms with E-state index in [0.29, 0.717) is 0 Å². The molecular weight excluding hydrogens is 353 g/mol. The Kier molecular flexibility index (Phi) is 9.20. The van der Waals surface area contributed by atoms with Gasteiger partial charge in [-0.1, -0.05) is 33.1 Å². The molecule has 0 spiro atoms. The Bertz CT molecular complexity index is 348. The fraction of sp³-hybridized carbons (Fsp3) is 1.00. The first-order valence-electron chi connectivity index (χ1n) is 9.14. The Labute approximate surface area is 150 Å². The Balaban J connectivity index is 4.91. The molecule has 0 aromatic rings. The Hall–Kier alpha value is 0.748. The summed E-state index contributed by atoms with van der Waals surface area (Å²) >= 11 is 0. The van der Waals surface area contributed by atoms with Crippen LogP contribution in [0.4, 0.5) is 0 Å². The molecule has 0 saturated heterocycles. The van der Waals surface area contributed by atoms with Crippen molar-refractivity contribution >= 4 is 33.8 Å². The molecule has 0 fully saturated rings. The lowest BCUT2D eigenvalue weighted by atomic mass is 10.1. The average Bonchev–Trinajstić information content (AvgIpc) is 2.16. The van der Waals surface area contributed by atoms with Crippen molar-refractivity contribution in [1.82, 2.24) is 0 Å². The Morgan fingerprint density at radius 1 is 0.652 bits per heavy atom. The van der Waals surface area contributed by atoms with Crippen LogP contribution in [-0.4, -0.2) is 33.8 Å². The summed E-state index contributed by atoms with van der Waals surface area (Å²) in [5, 5.41) is 0. The van der Waals surface area contributed by atoms with Crippen LogP contribution in [-0.2, 0) is 12.3 Å². The SMILES string of the molecule is CC(C)CCCC[Si](C)(O[Si](C)(C)C)O[Si](C)(C)O[Si](C)(C)C. The van der Waals surface area contributed by atoms with Crippen LogP contribution in [0.1, 0.15) is 33.1 Å². The Morgan fingerprint density at radius 2 is 1.13 bits per heavy atom. The van der Waals surface area contributed by atoms with Gasteiger partial charge in [-0.05, 0) is 70.9 Å². The van der Waals surface area contributed by atoms with E-state index < -0.39 is 33.8 Å². The van der Waals surface area contributed by atoms with Gasteiger partial charge < -0.3 is 12.3 Å². The third kappa shape index (κ3) is 13.7. The molecule has 1 atom stereocenters. The second-order valence-corrected chi connectivity index (χ2v) is 26.2. The zero-order chi connectivity index (χ0) is 18.5. The molecule has 0 radical (unpaired) electrons. The van der Waals surface area contributed by atoms with Crippen molar-refractivity contribution in [3.8, 4) is 0 Å². The van der Waals surface area contributed by atoms with E-state index in [1.165, 1.54) is 19.3 Å². The fourth-order valence-corrected chi connectivity index (χ4v) is 21.1. The molecule has 0 bridgehead atoms. The number of rotatable bonds is 11. The number of unbranched alkanes of at least 4 members (excludes halogenated alkanes) is 1. The van der Waals surface area contributed by atoms with Crippen LogP contribution in [0, 0.1) is 5.92 Å². The van der Waals surface area contributed by atoms with E-state index in [1.807, 2.05) is 0 Å². The van der Waals surface area contributed by atoms with Gasteiger partial charge in [-0.15, -0.1) is 0 Å². The fourth-order valence-electron chi connectivity index (χ4n) is 3.05. The van der Waals surface area contributed by atoms with Gasteiger partial charge in [0.15, 0.2) is 16.6 Å². The molecule has 3 nitrogen and oxygen atoms in total. The van der Waals surface area contributed by atoms with Crippen LogP contribution < -0.4 is 0 Å². The summed E-state index contributed by atoms with van der Waals surface area (Å²) < 4.78 is 19.7. The maximum Gasteiger partial charge on any atom is 0.315 e. The molecule has 0 heterocycles. The minimum absolute atomic E-state index is 0.780. The van der Waals surface area contributed by atoms with Gasteiger partial charge in [-0.25, -0.2) is 0 Å². The number of hydrogen-bond donors (Lipinski definition) is 0. The van der Waals surface area contributed by atoms with Gasteiger partial charge in [0.2, 0.25) is 0 Å². The van der Waals surface area contributed by atoms with E-state index in [4.69, 9.17) is 12.3 Å². The van der Waals surface area contributed by atoms with Crippen LogP contribution in [0.25, 0.3) is 0 Å². The van der Waals surface area contributed by atoms with Gasteiger partial charge in [0.25, 0.3) is 0 Å². The topological polar surface area (TPSA) is 27.7 Å². The molecule has 7 heteroatoms. The molecule has 0 aliphatic rings. The quantitative estimate of drug-likeness (QED) is 0.304. The molecule has 0 aromatic heterocycles. The van der Waals surface area contributed by atoms with Crippen LogP contribution >= 0.6 is 0 Å². The smallest absolute Gasteiger partial charge is 0.315 e. The summed E-state index contributed by atoms with van der Waals surface area (Å²) in [7, 11) is -7.51. The van der Waals surface area contributed by atoms with Crippen molar-refractivity contribution in [2.45, 2.75) is 98.1 Å². The molecule has 0 aliphatic heterocycles. The summed E-state index contributed by atoms with van der Waals surface area (Å²) in [5.74, 6) is 0.780. The predicted molar refractivity (Wildman–Crippen MR) is 113 cm³/mol. The molecule has 0 aliphatic carbocycles. The first-order valence-corrected chi connectivity index (χ1v) is 21.3. The molecule has 140 valence electrons. The molecule has 0 rings (SSSR count). The van der Waals surface area contributed by atoms with Crippen molar-refractivity contribution in [2.75, 3.05) is 0 Å². The maximum atomic E-state index is 6.69. The van der Waals surface area contributed by atoms with E-state index >= 15 is 0 Å². The van der Waals surface area contributed by atoms with Crippen molar-refractivity contribution in [1.29, 1.82) is 0 Å². The molecule has 0 aromatic carbocycles. The molecule has 0 N–H and O–H groups in total. The van der Waals surface area contributed by atoms with Crippen LogP contribution in [0.15, 0.2) is 0 Å². The van der Waals surface area contributed by atoms with E-state index in [-0.39, 0.29) is 0 Å². The second kappa shape index (κ2) is 8.91. The van der Waals surface area contributed by atoms with Crippen LogP contribution in [0.3, 0.4) is 0 Å². The van der Waals surface area contributed by atoms with Crippen molar-refractivity contribution < 1.29 is 12.3 Å². The molecule has 23 heavy (non-hydrogen) atoms. The lowest BCUT2D eigenvalue weighted by Gasteiger charge is -2.41. The van der Waals surface area contributed by atoms with Gasteiger partial charge >= 0.3 is 17.1 Å². The molecule has 1 unspecified atom stereocenters. The summed E-state index contributed by atoms with van der Waals surface area (Å²) in [4.78, 5) is 0. The van der Waals surface area contributed by atoms with E-state index in [0.717, 1.165) is 12.0 Å². The summed E-state index contributed by atoms with van der Waals surface area (Å²) in [6.07, 6.45) is 3.78. The highest BCUT2D eigenvalue weighted by Crippen LogP contribution is 2.28. The minimum Gasteiger partial charge on any atom is -0.437 e. The maximum absolute atomic E-state index is 6.69. The third-order valence-corrected chi connectivity index (χ3v) is 16.7. The van der Waals surface area contributed by atoms with Crippen molar-refractivity contribution in [3.05, 3.63) is 0 Å². The summed E-state index contributed by atoms with van der Waals surface area (Å²) in [5.41, 5.74) is 0.